The lowest BCUT2D eigenvalue weighted by Gasteiger charge is -2.11. The molecule has 0 saturated carbocycles. The molecule has 1 aromatic carbocycles. The molecular formula is C17H18ClN3O4S. The Morgan fingerprint density at radius 1 is 1.15 bits per heavy atom. The minimum Gasteiger partial charge on any atom is -0.496 e. The third-order valence-corrected chi connectivity index (χ3v) is 4.44. The van der Waals surface area contributed by atoms with E-state index in [1.165, 1.54) is 24.5 Å². The Bertz CT molecular complexity index is 780. The third kappa shape index (κ3) is 5.75. The number of hydrazine groups is 1. The Morgan fingerprint density at radius 2 is 1.96 bits per heavy atom. The molecule has 0 unspecified atom stereocenters. The topological polar surface area (TPSA) is 96.5 Å². The highest BCUT2D eigenvalue weighted by atomic mass is 35.5. The summed E-state index contributed by atoms with van der Waals surface area (Å²) in [7, 11) is 1.43. The number of ether oxygens (including phenoxy) is 1. The summed E-state index contributed by atoms with van der Waals surface area (Å²) in [5.41, 5.74) is 4.84. The first-order chi connectivity index (χ1) is 12.5. The molecule has 1 aromatic heterocycles. The number of carbonyl (C=O) groups is 3. The summed E-state index contributed by atoms with van der Waals surface area (Å²) >= 11 is 7.22. The number of hydrogen-bond donors (Lipinski definition) is 3. The van der Waals surface area contributed by atoms with E-state index in [1.807, 2.05) is 5.38 Å². The highest BCUT2D eigenvalue weighted by Crippen LogP contribution is 2.22. The van der Waals surface area contributed by atoms with E-state index in [0.717, 1.165) is 0 Å². The summed E-state index contributed by atoms with van der Waals surface area (Å²) in [6, 6.07) is 8.13. The molecule has 138 valence electrons. The van der Waals surface area contributed by atoms with Crippen molar-refractivity contribution in [2.75, 3.05) is 13.7 Å². The molecule has 3 N–H and O–H groups in total. The van der Waals surface area contributed by atoms with Gasteiger partial charge in [-0.25, -0.2) is 0 Å². The maximum Gasteiger partial charge on any atom is 0.273 e. The van der Waals surface area contributed by atoms with E-state index < -0.39 is 5.91 Å². The molecule has 0 bridgehead atoms. The smallest absolute Gasteiger partial charge is 0.273 e. The molecule has 2 rings (SSSR count). The SMILES string of the molecule is COc1ccc(Cl)cc1C(=O)NNC(=O)CCCNC(=O)c1cccs1. The highest BCUT2D eigenvalue weighted by Gasteiger charge is 2.13. The van der Waals surface area contributed by atoms with Crippen LogP contribution in [0.4, 0.5) is 0 Å². The van der Waals surface area contributed by atoms with Crippen LogP contribution in [0.2, 0.25) is 5.02 Å². The Kier molecular flexibility index (Phi) is 7.43. The second kappa shape index (κ2) is 9.79. The summed E-state index contributed by atoms with van der Waals surface area (Å²) in [5, 5.41) is 4.92. The first-order valence-electron chi connectivity index (χ1n) is 7.75. The third-order valence-electron chi connectivity index (χ3n) is 3.33. The Morgan fingerprint density at radius 3 is 2.65 bits per heavy atom. The van der Waals surface area contributed by atoms with Gasteiger partial charge in [0.1, 0.15) is 5.75 Å². The number of benzene rings is 1. The second-order valence-corrected chi connectivity index (χ2v) is 6.57. The quantitative estimate of drug-likeness (QED) is 0.495. The van der Waals surface area contributed by atoms with Crippen molar-refractivity contribution in [3.8, 4) is 5.75 Å². The number of nitrogens with one attached hydrogen (secondary N) is 3. The maximum atomic E-state index is 12.1. The molecule has 0 spiro atoms. The number of thiophene rings is 1. The molecule has 7 nitrogen and oxygen atoms in total. The number of carbonyl (C=O) groups excluding carboxylic acids is 3. The molecule has 0 radical (unpaired) electrons. The van der Waals surface area contributed by atoms with Crippen molar-refractivity contribution >= 4 is 40.7 Å². The summed E-state index contributed by atoms with van der Waals surface area (Å²) in [4.78, 5) is 36.2. The predicted octanol–water partition coefficient (Wildman–Crippen LogP) is 2.38. The zero-order chi connectivity index (χ0) is 18.9. The average molecular weight is 396 g/mol. The lowest BCUT2D eigenvalue weighted by molar-refractivity contribution is -0.121. The van der Waals surface area contributed by atoms with Crippen molar-refractivity contribution in [1.29, 1.82) is 0 Å². The first-order valence-corrected chi connectivity index (χ1v) is 9.01. The monoisotopic (exact) mass is 395 g/mol. The van der Waals surface area contributed by atoms with Crippen LogP contribution in [0.3, 0.4) is 0 Å². The van der Waals surface area contributed by atoms with E-state index in [-0.39, 0.29) is 23.8 Å². The first kappa shape index (κ1) is 19.7. The maximum absolute atomic E-state index is 12.1. The lowest BCUT2D eigenvalue weighted by Crippen LogP contribution is -2.41. The van der Waals surface area contributed by atoms with E-state index in [2.05, 4.69) is 16.2 Å². The molecule has 2 aromatic rings. The van der Waals surface area contributed by atoms with Gasteiger partial charge in [-0.05, 0) is 36.1 Å². The van der Waals surface area contributed by atoms with Gasteiger partial charge in [-0.3, -0.25) is 25.2 Å². The van der Waals surface area contributed by atoms with Crippen molar-refractivity contribution in [1.82, 2.24) is 16.2 Å². The van der Waals surface area contributed by atoms with Gasteiger partial charge in [0.05, 0.1) is 17.6 Å². The van der Waals surface area contributed by atoms with Crippen LogP contribution in [0.1, 0.15) is 32.9 Å². The normalized spacial score (nSPS) is 10.1. The molecule has 1 heterocycles. The summed E-state index contributed by atoms with van der Waals surface area (Å²) in [6.07, 6.45) is 0.594. The van der Waals surface area contributed by atoms with Gasteiger partial charge in [0.2, 0.25) is 5.91 Å². The number of rotatable bonds is 7. The van der Waals surface area contributed by atoms with Crippen molar-refractivity contribution in [3.05, 3.63) is 51.2 Å². The zero-order valence-electron chi connectivity index (χ0n) is 14.0. The summed E-state index contributed by atoms with van der Waals surface area (Å²) in [5.74, 6) is -0.729. The fourth-order valence-corrected chi connectivity index (χ4v) is 2.87. The van der Waals surface area contributed by atoms with Crippen LogP contribution in [0.25, 0.3) is 0 Å². The molecule has 0 fully saturated rings. The lowest BCUT2D eigenvalue weighted by atomic mass is 10.2. The fraction of sp³-hybridized carbons (Fsp3) is 0.235. The van der Waals surface area contributed by atoms with Gasteiger partial charge in [0.25, 0.3) is 11.8 Å². The van der Waals surface area contributed by atoms with Crippen LogP contribution in [0.5, 0.6) is 5.75 Å². The Hall–Kier alpha value is -2.58. The molecule has 0 atom stereocenters. The fourth-order valence-electron chi connectivity index (χ4n) is 2.06. The van der Waals surface area contributed by atoms with Gasteiger partial charge in [-0.15, -0.1) is 11.3 Å². The summed E-state index contributed by atoms with van der Waals surface area (Å²) in [6.45, 7) is 0.361. The minimum atomic E-state index is -0.538. The molecular weight excluding hydrogens is 378 g/mol. The molecule has 9 heteroatoms. The van der Waals surface area contributed by atoms with Crippen LogP contribution < -0.4 is 20.9 Å². The second-order valence-electron chi connectivity index (χ2n) is 5.18. The van der Waals surface area contributed by atoms with Gasteiger partial charge in [0, 0.05) is 18.0 Å². The van der Waals surface area contributed by atoms with E-state index in [0.29, 0.717) is 28.6 Å². The van der Waals surface area contributed by atoms with Crippen LogP contribution >= 0.6 is 22.9 Å². The summed E-state index contributed by atoms with van der Waals surface area (Å²) < 4.78 is 5.09. The molecule has 0 aliphatic carbocycles. The number of halogens is 1. The van der Waals surface area contributed by atoms with E-state index in [4.69, 9.17) is 16.3 Å². The molecule has 0 saturated heterocycles. The number of hydrogen-bond acceptors (Lipinski definition) is 5. The Balaban J connectivity index is 1.71. The Labute approximate surface area is 159 Å². The molecule has 3 amide bonds. The molecule has 0 aliphatic heterocycles. The van der Waals surface area contributed by atoms with Crippen molar-refractivity contribution in [3.63, 3.8) is 0 Å². The van der Waals surface area contributed by atoms with Crippen molar-refractivity contribution < 1.29 is 19.1 Å². The largest absolute Gasteiger partial charge is 0.496 e. The van der Waals surface area contributed by atoms with Gasteiger partial charge < -0.3 is 10.1 Å². The van der Waals surface area contributed by atoms with Gasteiger partial charge in [-0.2, -0.15) is 0 Å². The molecule has 0 aliphatic rings. The minimum absolute atomic E-state index is 0.150. The van der Waals surface area contributed by atoms with Crippen LogP contribution in [0, 0.1) is 0 Å². The predicted molar refractivity (Wildman–Crippen MR) is 99.5 cm³/mol. The molecule has 26 heavy (non-hydrogen) atoms. The van der Waals surface area contributed by atoms with E-state index >= 15 is 0 Å². The standard InChI is InChI=1S/C17H18ClN3O4S/c1-25-13-7-6-11(18)10-12(13)16(23)21-20-15(22)5-2-8-19-17(24)14-4-3-9-26-14/h3-4,6-7,9-10H,2,5,8H2,1H3,(H,19,24)(H,20,22)(H,21,23). The van der Waals surface area contributed by atoms with E-state index in [9.17, 15) is 14.4 Å². The van der Waals surface area contributed by atoms with Gasteiger partial charge in [-0.1, -0.05) is 17.7 Å². The number of amides is 3. The zero-order valence-corrected chi connectivity index (χ0v) is 15.6. The van der Waals surface area contributed by atoms with Crippen molar-refractivity contribution in [2.24, 2.45) is 0 Å². The number of methoxy groups -OCH3 is 1. The van der Waals surface area contributed by atoms with Crippen molar-refractivity contribution in [2.45, 2.75) is 12.8 Å². The van der Waals surface area contributed by atoms with E-state index in [1.54, 1.807) is 24.3 Å². The van der Waals surface area contributed by atoms with Crippen LogP contribution in [-0.4, -0.2) is 31.4 Å². The van der Waals surface area contributed by atoms with Gasteiger partial charge in [0.15, 0.2) is 0 Å². The highest BCUT2D eigenvalue weighted by molar-refractivity contribution is 7.12. The van der Waals surface area contributed by atoms with Crippen LogP contribution in [-0.2, 0) is 4.79 Å². The van der Waals surface area contributed by atoms with Crippen LogP contribution in [0.15, 0.2) is 35.7 Å². The van der Waals surface area contributed by atoms with Gasteiger partial charge >= 0.3 is 0 Å². The average Bonchev–Trinajstić information content (AvgIpc) is 3.18.